The molecule has 0 spiro atoms. The van der Waals surface area contributed by atoms with Gasteiger partial charge in [0.25, 0.3) is 0 Å². The van der Waals surface area contributed by atoms with E-state index in [2.05, 4.69) is 64.1 Å². The van der Waals surface area contributed by atoms with E-state index in [1.54, 1.807) is 0 Å². The molecular formula is C23H25ClN2. The minimum atomic E-state index is 0.100. The Hall–Kier alpha value is -2.45. The molecule has 134 valence electrons. The van der Waals surface area contributed by atoms with Gasteiger partial charge in [-0.3, -0.25) is 0 Å². The molecule has 0 unspecified atom stereocenters. The summed E-state index contributed by atoms with van der Waals surface area (Å²) in [5, 5.41) is 0.738. The van der Waals surface area contributed by atoms with Crippen molar-refractivity contribution in [1.82, 2.24) is 0 Å². The number of halogens is 1. The first-order valence-electron chi connectivity index (χ1n) is 8.76. The monoisotopic (exact) mass is 364 g/mol. The summed E-state index contributed by atoms with van der Waals surface area (Å²) in [6.45, 7) is 8.24. The Morgan fingerprint density at radius 1 is 0.615 bits per heavy atom. The number of nitrogen functional groups attached to an aromatic ring is 2. The van der Waals surface area contributed by atoms with Crippen LogP contribution in [0.4, 0.5) is 11.4 Å². The third kappa shape index (κ3) is 3.42. The van der Waals surface area contributed by atoms with E-state index in [0.717, 1.165) is 38.7 Å². The zero-order valence-electron chi connectivity index (χ0n) is 15.7. The van der Waals surface area contributed by atoms with Crippen LogP contribution in [0.3, 0.4) is 0 Å². The first kappa shape index (κ1) is 18.3. The molecule has 0 radical (unpaired) electrons. The zero-order valence-corrected chi connectivity index (χ0v) is 16.5. The largest absolute Gasteiger partial charge is 0.398 e. The van der Waals surface area contributed by atoms with E-state index in [4.69, 9.17) is 23.1 Å². The number of benzene rings is 3. The van der Waals surface area contributed by atoms with E-state index in [9.17, 15) is 0 Å². The SMILES string of the molecule is Cc1cc(C(c2ccc(Cl)cc2)c2cc(C)c(N)c(C)c2)cc(C)c1N. The Bertz CT molecular complexity index is 855. The second-order valence-electron chi connectivity index (χ2n) is 7.12. The molecule has 0 aliphatic carbocycles. The fourth-order valence-electron chi connectivity index (χ4n) is 3.58. The van der Waals surface area contributed by atoms with Crippen LogP contribution in [0.1, 0.15) is 44.9 Å². The summed E-state index contributed by atoms with van der Waals surface area (Å²) in [5.41, 5.74) is 22.1. The van der Waals surface area contributed by atoms with Crippen LogP contribution in [0.15, 0.2) is 48.5 Å². The lowest BCUT2D eigenvalue weighted by molar-refractivity contribution is 0.966. The van der Waals surface area contributed by atoms with Crippen LogP contribution in [0.25, 0.3) is 0 Å². The molecule has 0 heterocycles. The molecule has 3 heteroatoms. The van der Waals surface area contributed by atoms with Crippen molar-refractivity contribution in [2.24, 2.45) is 0 Å². The second kappa shape index (κ2) is 7.05. The number of aryl methyl sites for hydroxylation is 4. The molecule has 3 aromatic rings. The van der Waals surface area contributed by atoms with E-state index in [1.807, 2.05) is 12.1 Å². The van der Waals surface area contributed by atoms with Crippen molar-refractivity contribution in [3.05, 3.63) is 92.5 Å². The summed E-state index contributed by atoms with van der Waals surface area (Å²) in [6, 6.07) is 16.8. The summed E-state index contributed by atoms with van der Waals surface area (Å²) in [7, 11) is 0. The first-order chi connectivity index (χ1) is 12.3. The third-order valence-electron chi connectivity index (χ3n) is 5.10. The number of hydrogen-bond donors (Lipinski definition) is 2. The van der Waals surface area contributed by atoms with Gasteiger partial charge in [-0.1, -0.05) is 48.0 Å². The van der Waals surface area contributed by atoms with Crippen LogP contribution in [0, 0.1) is 27.7 Å². The van der Waals surface area contributed by atoms with Gasteiger partial charge in [0, 0.05) is 22.3 Å². The molecule has 0 atom stereocenters. The fraction of sp³-hybridized carbons (Fsp3) is 0.217. The van der Waals surface area contributed by atoms with Crippen molar-refractivity contribution in [3.8, 4) is 0 Å². The molecule has 3 rings (SSSR count). The number of hydrogen-bond acceptors (Lipinski definition) is 2. The highest BCUT2D eigenvalue weighted by molar-refractivity contribution is 6.30. The van der Waals surface area contributed by atoms with Gasteiger partial charge >= 0.3 is 0 Å². The molecule has 4 N–H and O–H groups in total. The molecule has 0 bridgehead atoms. The Labute approximate surface area is 160 Å². The van der Waals surface area contributed by atoms with Crippen molar-refractivity contribution >= 4 is 23.0 Å². The highest BCUT2D eigenvalue weighted by atomic mass is 35.5. The van der Waals surface area contributed by atoms with Gasteiger partial charge in [-0.25, -0.2) is 0 Å². The molecule has 2 nitrogen and oxygen atoms in total. The normalized spacial score (nSPS) is 11.2. The summed E-state index contributed by atoms with van der Waals surface area (Å²) in [4.78, 5) is 0. The van der Waals surface area contributed by atoms with E-state index in [0.29, 0.717) is 0 Å². The lowest BCUT2D eigenvalue weighted by atomic mass is 9.82. The zero-order chi connectivity index (χ0) is 19.0. The van der Waals surface area contributed by atoms with Crippen molar-refractivity contribution < 1.29 is 0 Å². The van der Waals surface area contributed by atoms with Gasteiger partial charge in [0.1, 0.15) is 0 Å². The average molecular weight is 365 g/mol. The van der Waals surface area contributed by atoms with Crippen LogP contribution in [0.2, 0.25) is 5.02 Å². The van der Waals surface area contributed by atoms with E-state index >= 15 is 0 Å². The Balaban J connectivity index is 2.25. The lowest BCUT2D eigenvalue weighted by Gasteiger charge is -2.22. The van der Waals surface area contributed by atoms with Crippen molar-refractivity contribution in [1.29, 1.82) is 0 Å². The molecule has 0 aliphatic rings. The van der Waals surface area contributed by atoms with Crippen LogP contribution in [-0.2, 0) is 0 Å². The van der Waals surface area contributed by atoms with E-state index in [-0.39, 0.29) is 5.92 Å². The van der Waals surface area contributed by atoms with Gasteiger partial charge in [0.05, 0.1) is 0 Å². The fourth-order valence-corrected chi connectivity index (χ4v) is 3.71. The van der Waals surface area contributed by atoms with Gasteiger partial charge in [0.2, 0.25) is 0 Å². The maximum Gasteiger partial charge on any atom is 0.0406 e. The third-order valence-corrected chi connectivity index (χ3v) is 5.35. The van der Waals surface area contributed by atoms with Gasteiger partial charge < -0.3 is 11.5 Å². The molecule has 0 saturated heterocycles. The minimum Gasteiger partial charge on any atom is -0.398 e. The molecular weight excluding hydrogens is 340 g/mol. The number of anilines is 2. The van der Waals surface area contributed by atoms with Crippen molar-refractivity contribution in [2.75, 3.05) is 11.5 Å². The molecule has 0 aliphatic heterocycles. The maximum atomic E-state index is 6.18. The Kier molecular flexibility index (Phi) is 4.97. The summed E-state index contributed by atoms with van der Waals surface area (Å²) in [6.07, 6.45) is 0. The Morgan fingerprint density at radius 2 is 0.962 bits per heavy atom. The average Bonchev–Trinajstić information content (AvgIpc) is 2.59. The lowest BCUT2D eigenvalue weighted by Crippen LogP contribution is -2.07. The van der Waals surface area contributed by atoms with E-state index in [1.165, 1.54) is 16.7 Å². The molecule has 0 fully saturated rings. The number of rotatable bonds is 3. The van der Waals surface area contributed by atoms with Crippen LogP contribution >= 0.6 is 11.6 Å². The van der Waals surface area contributed by atoms with Crippen LogP contribution < -0.4 is 11.5 Å². The standard InChI is InChI=1S/C23H25ClN2/c1-13-9-18(10-14(2)22(13)25)21(17-5-7-20(24)8-6-17)19-11-15(3)23(26)16(4)12-19/h5-12,21H,25-26H2,1-4H3. The molecule has 26 heavy (non-hydrogen) atoms. The number of nitrogens with two attached hydrogens (primary N) is 2. The molecule has 0 amide bonds. The highest BCUT2D eigenvalue weighted by Gasteiger charge is 2.20. The smallest absolute Gasteiger partial charge is 0.0406 e. The minimum absolute atomic E-state index is 0.100. The topological polar surface area (TPSA) is 52.0 Å². The van der Waals surface area contributed by atoms with Crippen molar-refractivity contribution in [3.63, 3.8) is 0 Å². The quantitative estimate of drug-likeness (QED) is 0.447. The maximum absolute atomic E-state index is 6.18. The van der Waals surface area contributed by atoms with Gasteiger partial charge in [0.15, 0.2) is 0 Å². The Morgan fingerprint density at radius 3 is 1.31 bits per heavy atom. The summed E-state index contributed by atoms with van der Waals surface area (Å²) in [5.74, 6) is 0.100. The van der Waals surface area contributed by atoms with Crippen LogP contribution in [-0.4, -0.2) is 0 Å². The predicted molar refractivity (Wildman–Crippen MR) is 113 cm³/mol. The second-order valence-corrected chi connectivity index (χ2v) is 7.56. The molecule has 0 aromatic heterocycles. The van der Waals surface area contributed by atoms with Gasteiger partial charge in [-0.2, -0.15) is 0 Å². The highest BCUT2D eigenvalue weighted by Crippen LogP contribution is 2.37. The van der Waals surface area contributed by atoms with Gasteiger partial charge in [-0.15, -0.1) is 0 Å². The summed E-state index contributed by atoms with van der Waals surface area (Å²) >= 11 is 6.12. The van der Waals surface area contributed by atoms with E-state index < -0.39 is 0 Å². The summed E-state index contributed by atoms with van der Waals surface area (Å²) < 4.78 is 0. The van der Waals surface area contributed by atoms with Gasteiger partial charge in [-0.05, 0) is 78.8 Å². The predicted octanol–water partition coefficient (Wildman–Crippen LogP) is 5.92. The van der Waals surface area contributed by atoms with Crippen molar-refractivity contribution in [2.45, 2.75) is 33.6 Å². The molecule has 0 saturated carbocycles. The van der Waals surface area contributed by atoms with Crippen LogP contribution in [0.5, 0.6) is 0 Å². The first-order valence-corrected chi connectivity index (χ1v) is 9.14. The molecule has 3 aromatic carbocycles.